The van der Waals surface area contributed by atoms with Gasteiger partial charge >= 0.3 is 6.03 Å². The van der Waals surface area contributed by atoms with Crippen molar-refractivity contribution in [2.75, 3.05) is 24.0 Å². The summed E-state index contributed by atoms with van der Waals surface area (Å²) in [7, 11) is -4.61. The molecular formula is C21H17F5N4O4S. The summed E-state index contributed by atoms with van der Waals surface area (Å²) in [4.78, 5) is 15.1. The van der Waals surface area contributed by atoms with Gasteiger partial charge in [-0.3, -0.25) is 4.90 Å². The minimum atomic E-state index is -4.61. The lowest BCUT2D eigenvalue weighted by atomic mass is 9.99. The smallest absolute Gasteiger partial charge is 0.326 e. The number of halogens is 5. The lowest BCUT2D eigenvalue weighted by Gasteiger charge is -2.37. The third kappa shape index (κ3) is 3.71. The number of aromatic nitrogens is 1. The second kappa shape index (κ2) is 8.16. The third-order valence-corrected chi connectivity index (χ3v) is 7.13. The highest BCUT2D eigenvalue weighted by atomic mass is 32.2. The average molecular weight is 516 g/mol. The number of sulfonamides is 1. The Morgan fingerprint density at radius 2 is 1.83 bits per heavy atom. The molecule has 0 bridgehead atoms. The number of carbonyl (C=O) groups excluding carboxylic acids is 1. The second-order valence-corrected chi connectivity index (χ2v) is 9.92. The van der Waals surface area contributed by atoms with Crippen LogP contribution in [0.3, 0.4) is 0 Å². The Balaban J connectivity index is 1.54. The zero-order chi connectivity index (χ0) is 25.1. The molecule has 186 valence electrons. The van der Waals surface area contributed by atoms with Gasteiger partial charge in [0.15, 0.2) is 11.4 Å². The third-order valence-electron chi connectivity index (χ3n) is 6.20. The first-order valence-corrected chi connectivity index (χ1v) is 12.0. The van der Waals surface area contributed by atoms with E-state index in [0.717, 1.165) is 21.9 Å². The van der Waals surface area contributed by atoms with Crippen molar-refractivity contribution in [1.29, 1.82) is 0 Å². The quantitative estimate of drug-likeness (QED) is 0.523. The highest BCUT2D eigenvalue weighted by molar-refractivity contribution is 7.89. The van der Waals surface area contributed by atoms with Crippen LogP contribution >= 0.6 is 0 Å². The van der Waals surface area contributed by atoms with E-state index < -0.39 is 58.2 Å². The predicted octanol–water partition coefficient (Wildman–Crippen LogP) is 3.64. The molecule has 2 aromatic carbocycles. The summed E-state index contributed by atoms with van der Waals surface area (Å²) in [6.45, 7) is -0.968. The lowest BCUT2D eigenvalue weighted by Crippen LogP contribution is -2.56. The molecular weight excluding hydrogens is 499 g/mol. The largest absolute Gasteiger partial charge is 0.354 e. The van der Waals surface area contributed by atoms with Gasteiger partial charge in [-0.1, -0.05) is 23.4 Å². The molecule has 3 heterocycles. The number of rotatable bonds is 5. The van der Waals surface area contributed by atoms with Crippen LogP contribution in [-0.2, 0) is 10.0 Å². The van der Waals surface area contributed by atoms with Gasteiger partial charge in [-0.15, -0.1) is 0 Å². The first-order chi connectivity index (χ1) is 16.5. The van der Waals surface area contributed by atoms with Crippen LogP contribution in [0.15, 0.2) is 40.9 Å². The van der Waals surface area contributed by atoms with Crippen molar-refractivity contribution < 1.29 is 39.7 Å². The van der Waals surface area contributed by atoms with Gasteiger partial charge in [-0.2, -0.15) is 0 Å². The number of benzene rings is 2. The number of carbonyl (C=O) groups is 1. The van der Waals surface area contributed by atoms with Crippen molar-refractivity contribution in [3.05, 3.63) is 48.0 Å². The van der Waals surface area contributed by atoms with Crippen molar-refractivity contribution in [2.24, 2.45) is 0 Å². The average Bonchev–Trinajstić information content (AvgIpc) is 3.34. The van der Waals surface area contributed by atoms with Crippen LogP contribution in [-0.4, -0.2) is 61.6 Å². The highest BCUT2D eigenvalue weighted by Crippen LogP contribution is 2.43. The molecule has 2 fully saturated rings. The van der Waals surface area contributed by atoms with Gasteiger partial charge in [0.05, 0.1) is 10.9 Å². The summed E-state index contributed by atoms with van der Waals surface area (Å²) < 4.78 is 102. The zero-order valence-electron chi connectivity index (χ0n) is 17.7. The fourth-order valence-corrected chi connectivity index (χ4v) is 5.36. The maximum Gasteiger partial charge on any atom is 0.326 e. The molecule has 1 N–H and O–H groups in total. The fourth-order valence-electron chi connectivity index (χ4n) is 4.63. The minimum absolute atomic E-state index is 0.0459. The predicted molar refractivity (Wildman–Crippen MR) is 114 cm³/mol. The molecule has 8 nitrogen and oxygen atoms in total. The highest BCUT2D eigenvalue weighted by Gasteiger charge is 2.61. The standard InChI is InChI=1S/C21H17F5N4O4S/c22-10-35(32,33)28-15-9-30-16(21(15,25)26)7-8-29(20(30)31)19-18-11(3-1-6-14(18)34-27-19)17-12(23)4-2-5-13(17)24/h1-6,15-16,28H,7-10H2/t15-,16?/m1/s1. The Kier molecular flexibility index (Phi) is 5.47. The van der Waals surface area contributed by atoms with Crippen molar-refractivity contribution in [3.63, 3.8) is 0 Å². The Hall–Kier alpha value is -3.26. The number of nitrogens with one attached hydrogen (secondary N) is 1. The maximum atomic E-state index is 14.9. The number of alkyl halides is 3. The van der Waals surface area contributed by atoms with E-state index in [9.17, 15) is 35.2 Å². The first kappa shape index (κ1) is 23.5. The molecule has 2 amide bonds. The van der Waals surface area contributed by atoms with E-state index >= 15 is 0 Å². The normalized spacial score (nSPS) is 22.1. The molecule has 5 rings (SSSR count). The van der Waals surface area contributed by atoms with Gasteiger partial charge in [-0.05, 0) is 24.6 Å². The molecule has 0 saturated carbocycles. The van der Waals surface area contributed by atoms with E-state index in [0.29, 0.717) is 0 Å². The van der Waals surface area contributed by atoms with Gasteiger partial charge in [-0.25, -0.2) is 39.9 Å². The summed E-state index contributed by atoms with van der Waals surface area (Å²) in [5.74, 6) is -5.51. The van der Waals surface area contributed by atoms with E-state index in [-0.39, 0.29) is 40.9 Å². The molecule has 2 atom stereocenters. The molecule has 2 aliphatic heterocycles. The van der Waals surface area contributed by atoms with E-state index in [1.165, 1.54) is 24.3 Å². The maximum absolute atomic E-state index is 14.9. The Bertz CT molecular complexity index is 1410. The van der Waals surface area contributed by atoms with E-state index in [4.69, 9.17) is 4.52 Å². The van der Waals surface area contributed by atoms with Crippen LogP contribution in [0.1, 0.15) is 6.42 Å². The van der Waals surface area contributed by atoms with Crippen LogP contribution < -0.4 is 9.62 Å². The minimum Gasteiger partial charge on any atom is -0.354 e. The topological polar surface area (TPSA) is 95.8 Å². The van der Waals surface area contributed by atoms with Gasteiger partial charge < -0.3 is 9.42 Å². The Morgan fingerprint density at radius 3 is 2.51 bits per heavy atom. The molecule has 3 aromatic rings. The summed E-state index contributed by atoms with van der Waals surface area (Å²) in [5.41, 5.74) is -0.224. The summed E-state index contributed by atoms with van der Waals surface area (Å²) >= 11 is 0. The van der Waals surface area contributed by atoms with Crippen molar-refractivity contribution >= 4 is 32.8 Å². The number of urea groups is 1. The van der Waals surface area contributed by atoms with Crippen molar-refractivity contribution in [2.45, 2.75) is 24.4 Å². The molecule has 2 aliphatic rings. The van der Waals surface area contributed by atoms with Crippen LogP contribution in [0.25, 0.3) is 22.1 Å². The second-order valence-electron chi connectivity index (χ2n) is 8.24. The molecule has 0 aliphatic carbocycles. The van der Waals surface area contributed by atoms with Gasteiger partial charge in [0.25, 0.3) is 5.92 Å². The number of nitrogens with zero attached hydrogens (tertiary/aromatic N) is 3. The fraction of sp³-hybridized carbons (Fsp3) is 0.333. The first-order valence-electron chi connectivity index (χ1n) is 10.4. The molecule has 1 aromatic heterocycles. The molecule has 2 saturated heterocycles. The van der Waals surface area contributed by atoms with Gasteiger partial charge in [0.2, 0.25) is 16.0 Å². The summed E-state index contributed by atoms with van der Waals surface area (Å²) in [6.07, 6.45) is -0.281. The molecule has 1 unspecified atom stereocenters. The van der Waals surface area contributed by atoms with Gasteiger partial charge in [0.1, 0.15) is 23.7 Å². The van der Waals surface area contributed by atoms with E-state index in [1.807, 2.05) is 0 Å². The number of hydrogen-bond acceptors (Lipinski definition) is 5. The Morgan fingerprint density at radius 1 is 1.14 bits per heavy atom. The molecule has 0 spiro atoms. The number of fused-ring (bicyclic) bond motifs is 2. The summed E-state index contributed by atoms with van der Waals surface area (Å²) in [6, 6.07) is 1.21. The SMILES string of the molecule is O=C1N(c2noc3cccc(-c4c(F)cccc4F)c23)CCC2N1C[C@@H](NS(=O)(=O)CF)C2(F)F. The summed E-state index contributed by atoms with van der Waals surface area (Å²) in [5, 5.41) is 3.97. The number of amides is 2. The monoisotopic (exact) mass is 516 g/mol. The van der Waals surface area contributed by atoms with Crippen LogP contribution in [0, 0.1) is 11.6 Å². The van der Waals surface area contributed by atoms with E-state index in [1.54, 1.807) is 4.72 Å². The van der Waals surface area contributed by atoms with Crippen LogP contribution in [0.4, 0.5) is 32.6 Å². The molecule has 0 radical (unpaired) electrons. The number of hydrogen-bond donors (Lipinski definition) is 1. The van der Waals surface area contributed by atoms with Crippen molar-refractivity contribution in [3.8, 4) is 11.1 Å². The lowest BCUT2D eigenvalue weighted by molar-refractivity contribution is -0.0449. The van der Waals surface area contributed by atoms with Crippen molar-refractivity contribution in [1.82, 2.24) is 14.8 Å². The van der Waals surface area contributed by atoms with Crippen LogP contribution in [0.2, 0.25) is 0 Å². The zero-order valence-corrected chi connectivity index (χ0v) is 18.5. The van der Waals surface area contributed by atoms with E-state index in [2.05, 4.69) is 5.16 Å². The Labute approximate surface area is 195 Å². The van der Waals surface area contributed by atoms with Crippen LogP contribution in [0.5, 0.6) is 0 Å². The number of anilines is 1. The molecule has 14 heteroatoms. The molecule has 35 heavy (non-hydrogen) atoms. The van der Waals surface area contributed by atoms with Gasteiger partial charge in [0, 0.05) is 18.7 Å².